The van der Waals surface area contributed by atoms with Crippen molar-refractivity contribution in [3.8, 4) is 22.9 Å². The number of hydrogen-bond acceptors (Lipinski definition) is 9. The summed E-state index contributed by atoms with van der Waals surface area (Å²) in [6.45, 7) is 3.38. The lowest BCUT2D eigenvalue weighted by molar-refractivity contribution is -0.115. The van der Waals surface area contributed by atoms with Crippen LogP contribution in [-0.4, -0.2) is 71.7 Å². The Morgan fingerprint density at radius 2 is 1.79 bits per heavy atom. The molecule has 1 fully saturated rings. The minimum absolute atomic E-state index is 0.132. The van der Waals surface area contributed by atoms with E-state index in [4.69, 9.17) is 14.2 Å². The molecule has 0 aliphatic carbocycles. The number of aromatic nitrogens is 3. The molecule has 0 saturated carbocycles. The average Bonchev–Trinajstić information content (AvgIpc) is 3.65. The topological polar surface area (TPSA) is 125 Å². The van der Waals surface area contributed by atoms with Crippen LogP contribution in [0.5, 0.6) is 11.5 Å². The molecule has 1 saturated heterocycles. The van der Waals surface area contributed by atoms with Crippen LogP contribution in [0.1, 0.15) is 12.5 Å². The highest BCUT2D eigenvalue weighted by molar-refractivity contribution is 8.00. The van der Waals surface area contributed by atoms with Gasteiger partial charge in [0.1, 0.15) is 5.82 Å². The first-order chi connectivity index (χ1) is 20.8. The summed E-state index contributed by atoms with van der Waals surface area (Å²) in [6.07, 6.45) is 0. The van der Waals surface area contributed by atoms with E-state index in [-0.39, 0.29) is 43.0 Å². The first-order valence-electron chi connectivity index (χ1n) is 13.5. The molecule has 0 radical (unpaired) electrons. The highest BCUT2D eigenvalue weighted by Crippen LogP contribution is 2.35. The third-order valence-corrected chi connectivity index (χ3v) is 9.94. The number of amides is 1. The van der Waals surface area contributed by atoms with E-state index in [0.717, 1.165) is 5.56 Å². The van der Waals surface area contributed by atoms with Crippen LogP contribution in [0.3, 0.4) is 0 Å². The highest BCUT2D eigenvalue weighted by atomic mass is 32.2. The second-order valence-corrected chi connectivity index (χ2v) is 13.1. The summed E-state index contributed by atoms with van der Waals surface area (Å²) in [5.74, 6) is 0.954. The first kappa shape index (κ1) is 29.1. The van der Waals surface area contributed by atoms with E-state index in [0.29, 0.717) is 46.9 Å². The molecule has 0 bridgehead atoms. The fraction of sp³-hybridized carbons (Fsp3) is 0.276. The summed E-state index contributed by atoms with van der Waals surface area (Å²) < 4.78 is 59.6. The van der Waals surface area contributed by atoms with Crippen LogP contribution in [0.4, 0.5) is 10.1 Å². The zero-order valence-corrected chi connectivity index (χ0v) is 24.7. The number of ether oxygens (including phenoxy) is 3. The normalized spacial score (nSPS) is 15.8. The van der Waals surface area contributed by atoms with E-state index < -0.39 is 15.3 Å². The minimum Gasteiger partial charge on any atom is -0.454 e. The lowest BCUT2D eigenvalue weighted by Crippen LogP contribution is -2.40. The van der Waals surface area contributed by atoms with E-state index in [9.17, 15) is 17.6 Å². The molecule has 1 atom stereocenters. The van der Waals surface area contributed by atoms with Gasteiger partial charge in [-0.1, -0.05) is 36.0 Å². The molecule has 1 amide bonds. The monoisotopic (exact) mass is 625 g/mol. The lowest BCUT2D eigenvalue weighted by Gasteiger charge is -2.26. The Hall–Kier alpha value is -3.98. The number of benzene rings is 3. The van der Waals surface area contributed by atoms with Crippen molar-refractivity contribution in [3.63, 3.8) is 0 Å². The molecule has 0 unspecified atom stereocenters. The van der Waals surface area contributed by atoms with Crippen LogP contribution >= 0.6 is 11.8 Å². The van der Waals surface area contributed by atoms with Crippen LogP contribution in [0, 0.1) is 5.82 Å². The molecule has 1 aromatic heterocycles. The second-order valence-electron chi connectivity index (χ2n) is 9.88. The van der Waals surface area contributed by atoms with Gasteiger partial charge in [0.05, 0.1) is 29.9 Å². The van der Waals surface area contributed by atoms with Crippen LogP contribution in [0.2, 0.25) is 0 Å². The van der Waals surface area contributed by atoms with Gasteiger partial charge in [-0.2, -0.15) is 4.31 Å². The zero-order chi connectivity index (χ0) is 30.0. The molecule has 43 heavy (non-hydrogen) atoms. The number of hydrogen-bond donors (Lipinski definition) is 1. The van der Waals surface area contributed by atoms with Crippen LogP contribution in [0.15, 0.2) is 76.8 Å². The van der Waals surface area contributed by atoms with Crippen LogP contribution in [0.25, 0.3) is 11.4 Å². The number of morpholine rings is 1. The number of nitrogens with zero attached hydrogens (tertiary/aromatic N) is 4. The van der Waals surface area contributed by atoms with Gasteiger partial charge >= 0.3 is 0 Å². The molecule has 14 heteroatoms. The molecule has 3 heterocycles. The highest BCUT2D eigenvalue weighted by Gasteiger charge is 2.28. The molecular weight excluding hydrogens is 597 g/mol. The Kier molecular flexibility index (Phi) is 8.34. The number of fused-ring (bicyclic) bond motifs is 1. The average molecular weight is 626 g/mol. The number of anilines is 1. The van der Waals surface area contributed by atoms with Crippen LogP contribution in [-0.2, 0) is 26.1 Å². The summed E-state index contributed by atoms with van der Waals surface area (Å²) in [7, 11) is -3.75. The Morgan fingerprint density at radius 3 is 2.58 bits per heavy atom. The van der Waals surface area contributed by atoms with Gasteiger partial charge in [0.2, 0.25) is 22.7 Å². The number of carbonyl (C=O) groups is 1. The van der Waals surface area contributed by atoms with E-state index in [1.54, 1.807) is 66.1 Å². The van der Waals surface area contributed by atoms with E-state index in [2.05, 4.69) is 15.5 Å². The van der Waals surface area contributed by atoms with Gasteiger partial charge in [0.25, 0.3) is 0 Å². The van der Waals surface area contributed by atoms with Crippen molar-refractivity contribution >= 4 is 33.4 Å². The van der Waals surface area contributed by atoms with Crippen molar-refractivity contribution in [2.45, 2.75) is 28.8 Å². The van der Waals surface area contributed by atoms with Crippen molar-refractivity contribution in [1.82, 2.24) is 19.1 Å². The number of carbonyl (C=O) groups excluding carboxylic acids is 1. The van der Waals surface area contributed by atoms with Gasteiger partial charge in [0.15, 0.2) is 22.5 Å². The van der Waals surface area contributed by atoms with Gasteiger partial charge in [-0.15, -0.1) is 10.2 Å². The van der Waals surface area contributed by atoms with Gasteiger partial charge < -0.3 is 19.5 Å². The number of rotatable bonds is 9. The summed E-state index contributed by atoms with van der Waals surface area (Å²) >= 11 is 1.20. The number of halogens is 1. The van der Waals surface area contributed by atoms with Crippen LogP contribution < -0.4 is 14.8 Å². The standard InChI is InChI=1S/C29H28FN5O6S2/c1-19(28(36)31-23-9-10-25-26(16-23)41-18-40-25)42-29-33-32-27(35(29)17-20-5-7-22(30)8-6-20)21-3-2-4-24(15-21)43(37,38)34-11-13-39-14-12-34/h2-10,15-16,19H,11-14,17-18H2,1H3,(H,31,36)/t19-/m0/s1. The number of thioether (sulfide) groups is 1. The summed E-state index contributed by atoms with van der Waals surface area (Å²) in [5.41, 5.74) is 1.88. The largest absolute Gasteiger partial charge is 0.454 e. The lowest BCUT2D eigenvalue weighted by atomic mass is 10.2. The van der Waals surface area contributed by atoms with Gasteiger partial charge in [0, 0.05) is 30.4 Å². The summed E-state index contributed by atoms with van der Waals surface area (Å²) in [4.78, 5) is 13.3. The number of sulfonamides is 1. The molecule has 0 spiro atoms. The molecule has 11 nitrogen and oxygen atoms in total. The van der Waals surface area contributed by atoms with Gasteiger partial charge in [-0.3, -0.25) is 9.36 Å². The maximum Gasteiger partial charge on any atom is 0.243 e. The van der Waals surface area contributed by atoms with Gasteiger partial charge in [-0.25, -0.2) is 12.8 Å². The minimum atomic E-state index is -3.75. The Morgan fingerprint density at radius 1 is 1.02 bits per heavy atom. The van der Waals surface area contributed by atoms with E-state index >= 15 is 0 Å². The molecule has 2 aliphatic heterocycles. The van der Waals surface area contributed by atoms with E-state index in [1.807, 2.05) is 0 Å². The van der Waals surface area contributed by atoms with Crippen molar-refractivity contribution in [2.75, 3.05) is 38.4 Å². The van der Waals surface area contributed by atoms with E-state index in [1.165, 1.54) is 28.2 Å². The van der Waals surface area contributed by atoms with Crippen molar-refractivity contribution in [2.24, 2.45) is 0 Å². The molecule has 4 aromatic rings. The van der Waals surface area contributed by atoms with Crippen molar-refractivity contribution < 1.29 is 31.8 Å². The Bertz CT molecular complexity index is 1740. The molecule has 1 N–H and O–H groups in total. The van der Waals surface area contributed by atoms with Gasteiger partial charge in [-0.05, 0) is 48.9 Å². The molecular formula is C29H28FN5O6S2. The fourth-order valence-corrected chi connectivity index (χ4v) is 6.97. The summed E-state index contributed by atoms with van der Waals surface area (Å²) in [5, 5.41) is 11.5. The third-order valence-electron chi connectivity index (χ3n) is 6.96. The smallest absolute Gasteiger partial charge is 0.243 e. The zero-order valence-electron chi connectivity index (χ0n) is 23.1. The number of nitrogens with one attached hydrogen (secondary N) is 1. The predicted octanol–water partition coefficient (Wildman–Crippen LogP) is 4.00. The maximum absolute atomic E-state index is 13.6. The van der Waals surface area contributed by atoms with Crippen molar-refractivity contribution in [3.05, 3.63) is 78.1 Å². The van der Waals surface area contributed by atoms with Crippen molar-refractivity contribution in [1.29, 1.82) is 0 Å². The second kappa shape index (κ2) is 12.3. The third kappa shape index (κ3) is 6.37. The maximum atomic E-state index is 13.6. The SMILES string of the molecule is C[C@H](Sc1nnc(-c2cccc(S(=O)(=O)N3CCOCC3)c2)n1Cc1ccc(F)cc1)C(=O)Nc1ccc2c(c1)OCO2. The fourth-order valence-electron chi connectivity index (χ4n) is 4.67. The molecule has 6 rings (SSSR count). The molecule has 224 valence electrons. The Labute approximate surface area is 252 Å². The first-order valence-corrected chi connectivity index (χ1v) is 15.8. The predicted molar refractivity (Wildman–Crippen MR) is 157 cm³/mol. The molecule has 3 aromatic carbocycles. The quantitative estimate of drug-likeness (QED) is 0.275. The molecule has 2 aliphatic rings. The Balaban J connectivity index is 1.28. The summed E-state index contributed by atoms with van der Waals surface area (Å²) in [6, 6.07) is 17.7.